The summed E-state index contributed by atoms with van der Waals surface area (Å²) in [6.45, 7) is 1.17. The van der Waals surface area contributed by atoms with E-state index in [4.69, 9.17) is 4.74 Å². The molecule has 0 saturated carbocycles. The first-order valence-electron chi connectivity index (χ1n) is 20.5. The standard InChI is InChI=1S/C45H35N11O13S3/c1-25(57)46-33-22-35(37(69-3)23-34(33)52-54-36-21-30-26(20-40(36)72(66,67)68)10-7-15-38(30)70(60,61)62)53-51-31-17-18-32(41-29(31)14-8-16-39(41)71(63,64)65)47-43-48-44(55(2)28-12-5-4-6-13-28)50-45(49-43)56-19-9-11-27(24-56)42(58)59/h4-24H,1-3H3,(H5-,46,47,48,49,50,53,54,57,58,59,60,61,62,63,64,65,66,67,68)/p+1. The number of anilines is 5. The van der Waals surface area contributed by atoms with Crippen LogP contribution in [-0.4, -0.2) is 85.0 Å². The number of carboxylic acids is 1. The number of methoxy groups -OCH3 is 1. The maximum Gasteiger partial charge on any atom is 0.444 e. The van der Waals surface area contributed by atoms with E-state index >= 15 is 0 Å². The van der Waals surface area contributed by atoms with Crippen LogP contribution in [0.25, 0.3) is 27.5 Å². The van der Waals surface area contributed by atoms with Gasteiger partial charge in [-0.25, -0.2) is 9.36 Å². The fourth-order valence-electron chi connectivity index (χ4n) is 7.21. The Morgan fingerprint density at radius 3 is 2.00 bits per heavy atom. The van der Waals surface area contributed by atoms with Crippen LogP contribution in [0.3, 0.4) is 0 Å². The van der Waals surface area contributed by atoms with Crippen LogP contribution in [0.15, 0.2) is 163 Å². The summed E-state index contributed by atoms with van der Waals surface area (Å²) < 4.78 is 112. The second-order valence-electron chi connectivity index (χ2n) is 15.2. The molecule has 0 aliphatic rings. The van der Waals surface area contributed by atoms with Crippen LogP contribution in [0.4, 0.5) is 51.7 Å². The average Bonchev–Trinajstić information content (AvgIpc) is 3.34. The number of benzene rings is 6. The quantitative estimate of drug-likeness (QED) is 0.0320. The molecule has 8 aromatic rings. The highest BCUT2D eigenvalue weighted by molar-refractivity contribution is 7.86. The summed E-state index contributed by atoms with van der Waals surface area (Å²) in [4.78, 5) is 37.7. The molecule has 0 atom stereocenters. The highest BCUT2D eigenvalue weighted by Crippen LogP contribution is 2.43. The van der Waals surface area contributed by atoms with E-state index in [1.807, 2.05) is 6.07 Å². The average molecular weight is 1040 g/mol. The van der Waals surface area contributed by atoms with E-state index in [1.54, 1.807) is 36.2 Å². The summed E-state index contributed by atoms with van der Waals surface area (Å²) in [6.07, 6.45) is 2.82. The van der Waals surface area contributed by atoms with E-state index in [-0.39, 0.29) is 79.1 Å². The van der Waals surface area contributed by atoms with Gasteiger partial charge in [-0.1, -0.05) is 42.5 Å². The molecule has 2 heterocycles. The summed E-state index contributed by atoms with van der Waals surface area (Å²) in [5.41, 5.74) is -0.108. The number of ether oxygens (including phenoxy) is 1. The third-order valence-corrected chi connectivity index (χ3v) is 13.1. The van der Waals surface area contributed by atoms with Gasteiger partial charge in [-0.05, 0) is 82.1 Å². The molecular weight excluding hydrogens is 999 g/mol. The number of hydrogen-bond acceptors (Lipinski definition) is 18. The van der Waals surface area contributed by atoms with Crippen LogP contribution < -0.4 is 24.8 Å². The van der Waals surface area contributed by atoms with Crippen molar-refractivity contribution in [3.63, 3.8) is 0 Å². The van der Waals surface area contributed by atoms with E-state index in [1.165, 1.54) is 91.7 Å². The monoisotopic (exact) mass is 1030 g/mol. The van der Waals surface area contributed by atoms with E-state index in [0.29, 0.717) is 5.69 Å². The predicted octanol–water partition coefficient (Wildman–Crippen LogP) is 8.20. The first-order valence-corrected chi connectivity index (χ1v) is 24.9. The Balaban J connectivity index is 1.22. The fraction of sp³-hybridized carbons (Fsp3) is 0.0667. The Morgan fingerprint density at radius 1 is 0.653 bits per heavy atom. The van der Waals surface area contributed by atoms with Crippen molar-refractivity contribution in [3.05, 3.63) is 133 Å². The van der Waals surface area contributed by atoms with Gasteiger partial charge in [-0.15, -0.1) is 25.4 Å². The van der Waals surface area contributed by atoms with Gasteiger partial charge in [0.05, 0.1) is 42.1 Å². The van der Waals surface area contributed by atoms with Crippen molar-refractivity contribution in [3.8, 4) is 11.7 Å². The molecule has 0 saturated heterocycles. The lowest BCUT2D eigenvalue weighted by molar-refractivity contribution is -0.603. The van der Waals surface area contributed by atoms with Crippen molar-refractivity contribution >= 4 is 115 Å². The lowest BCUT2D eigenvalue weighted by atomic mass is 10.1. The number of pyridine rings is 1. The minimum atomic E-state index is -5.00. The number of azo groups is 2. The van der Waals surface area contributed by atoms with Gasteiger partial charge in [0.1, 0.15) is 37.5 Å². The van der Waals surface area contributed by atoms with Gasteiger partial charge in [0.15, 0.2) is 0 Å². The number of aromatic nitrogens is 4. The van der Waals surface area contributed by atoms with Gasteiger partial charge < -0.3 is 20.5 Å². The molecule has 2 aromatic heterocycles. The topological polar surface area (TPSA) is 346 Å². The highest BCUT2D eigenvalue weighted by atomic mass is 32.2. The molecule has 1 amide bonds. The van der Waals surface area contributed by atoms with Crippen LogP contribution >= 0.6 is 0 Å². The van der Waals surface area contributed by atoms with Gasteiger partial charge in [0, 0.05) is 41.9 Å². The molecule has 0 aliphatic carbocycles. The van der Waals surface area contributed by atoms with Crippen LogP contribution in [0, 0.1) is 0 Å². The zero-order valence-corrected chi connectivity index (χ0v) is 39.8. The van der Waals surface area contributed by atoms with Gasteiger partial charge in [-0.2, -0.15) is 25.3 Å². The summed E-state index contributed by atoms with van der Waals surface area (Å²) >= 11 is 0. The maximum atomic E-state index is 13.0. The minimum Gasteiger partial charge on any atom is -0.494 e. The molecule has 0 spiro atoms. The number of nitrogens with one attached hydrogen (secondary N) is 2. The number of carboxylic acid groups (broad SMARTS) is 1. The number of fused-ring (bicyclic) bond motifs is 2. The van der Waals surface area contributed by atoms with Gasteiger partial charge >= 0.3 is 23.8 Å². The predicted molar refractivity (Wildman–Crippen MR) is 259 cm³/mol. The number of nitrogens with zero attached hydrogens (tertiary/aromatic N) is 9. The van der Waals surface area contributed by atoms with Crippen molar-refractivity contribution in [2.45, 2.75) is 21.6 Å². The molecule has 27 heteroatoms. The zero-order valence-electron chi connectivity index (χ0n) is 37.3. The van der Waals surface area contributed by atoms with Crippen molar-refractivity contribution in [2.24, 2.45) is 20.5 Å². The van der Waals surface area contributed by atoms with Crippen molar-refractivity contribution in [1.29, 1.82) is 0 Å². The van der Waals surface area contributed by atoms with Crippen molar-refractivity contribution in [1.82, 2.24) is 15.0 Å². The molecule has 0 fully saturated rings. The minimum absolute atomic E-state index is 0.0133. The lowest BCUT2D eigenvalue weighted by Gasteiger charge is -2.16. The molecule has 0 bridgehead atoms. The number of amides is 1. The molecule has 366 valence electrons. The van der Waals surface area contributed by atoms with Crippen LogP contribution in [0.1, 0.15) is 17.3 Å². The van der Waals surface area contributed by atoms with Crippen molar-refractivity contribution < 1.29 is 62.9 Å². The van der Waals surface area contributed by atoms with E-state index in [0.717, 1.165) is 24.3 Å². The third-order valence-electron chi connectivity index (χ3n) is 10.5. The van der Waals surface area contributed by atoms with Crippen LogP contribution in [0.5, 0.6) is 5.75 Å². The molecule has 72 heavy (non-hydrogen) atoms. The number of aromatic carboxylic acids is 1. The number of carbonyl (C=O) groups is 2. The molecule has 6 N–H and O–H groups in total. The first-order chi connectivity index (χ1) is 34.1. The zero-order chi connectivity index (χ0) is 51.7. The molecule has 6 aromatic carbocycles. The molecule has 0 radical (unpaired) electrons. The second-order valence-corrected chi connectivity index (χ2v) is 19.4. The summed E-state index contributed by atoms with van der Waals surface area (Å²) in [7, 11) is -11.8. The number of carbonyl (C=O) groups excluding carboxylic acids is 1. The molecule has 24 nitrogen and oxygen atoms in total. The normalized spacial score (nSPS) is 12.1. The first kappa shape index (κ1) is 49.7. The van der Waals surface area contributed by atoms with E-state index in [2.05, 4.69) is 46.0 Å². The smallest absolute Gasteiger partial charge is 0.444 e. The van der Waals surface area contributed by atoms with Crippen molar-refractivity contribution in [2.75, 3.05) is 29.7 Å². The summed E-state index contributed by atoms with van der Waals surface area (Å²) in [6, 6.07) is 26.9. The summed E-state index contributed by atoms with van der Waals surface area (Å²) in [5, 5.41) is 32.0. The maximum absolute atomic E-state index is 13.0. The number of rotatable bonds is 15. The molecule has 0 aliphatic heterocycles. The van der Waals surface area contributed by atoms with Crippen LogP contribution in [0.2, 0.25) is 0 Å². The Kier molecular flexibility index (Phi) is 13.5. The largest absolute Gasteiger partial charge is 0.494 e. The Bertz CT molecular complexity index is 3940. The second kappa shape index (κ2) is 19.6. The van der Waals surface area contributed by atoms with Gasteiger partial charge in [-0.3, -0.25) is 23.4 Å². The summed E-state index contributed by atoms with van der Waals surface area (Å²) in [5.74, 6) is -1.91. The number of hydrogen-bond donors (Lipinski definition) is 6. The van der Waals surface area contributed by atoms with E-state index < -0.39 is 62.6 Å². The van der Waals surface area contributed by atoms with Gasteiger partial charge in [0.25, 0.3) is 30.4 Å². The Morgan fingerprint density at radius 2 is 1.32 bits per heavy atom. The highest BCUT2D eigenvalue weighted by Gasteiger charge is 2.26. The van der Waals surface area contributed by atoms with E-state index in [9.17, 15) is 53.6 Å². The van der Waals surface area contributed by atoms with Gasteiger partial charge in [0.2, 0.25) is 5.91 Å². The molecular formula is C45H36N11O13S3+. The Hall–Kier alpha value is -8.73. The number of para-hydroxylation sites is 1. The molecule has 0 unspecified atom stereocenters. The Labute approximate surface area is 408 Å². The van der Waals surface area contributed by atoms with Crippen LogP contribution in [-0.2, 0) is 35.1 Å². The molecule has 8 rings (SSSR count). The lowest BCUT2D eigenvalue weighted by Crippen LogP contribution is -2.34. The fourth-order valence-corrected chi connectivity index (χ4v) is 9.29. The third kappa shape index (κ3) is 10.7. The SMILES string of the molecule is COc1cc(N=Nc2cc3c(S(=O)(=O)O)cccc3cc2S(=O)(=O)O)c(NC(C)=O)cc1N=Nc1ccc(Nc2nc(N(C)c3ccccc3)nc(-[n+]3cccc(C(=O)O)c3)n2)c2c(S(=O)(=O)O)cccc12.